The van der Waals surface area contributed by atoms with E-state index in [0.29, 0.717) is 12.0 Å². The normalized spacial score (nSPS) is 37.0. The molecule has 18 heavy (non-hydrogen) atoms. The van der Waals surface area contributed by atoms with Crippen LogP contribution in [0, 0.1) is 5.92 Å². The summed E-state index contributed by atoms with van der Waals surface area (Å²) in [6, 6.07) is 1.40. The second kappa shape index (κ2) is 5.48. The van der Waals surface area contributed by atoms with Gasteiger partial charge in [0.2, 0.25) is 0 Å². The number of nitrogens with zero attached hydrogens (tertiary/aromatic N) is 2. The lowest BCUT2D eigenvalue weighted by Crippen LogP contribution is -2.56. The molecule has 3 aliphatic rings. The molecule has 0 amide bonds. The lowest BCUT2D eigenvalue weighted by molar-refractivity contribution is 0.00513. The molecule has 2 saturated heterocycles. The fourth-order valence-electron chi connectivity index (χ4n) is 4.23. The van der Waals surface area contributed by atoms with Crippen LogP contribution in [0.1, 0.15) is 45.4 Å². The van der Waals surface area contributed by atoms with Gasteiger partial charge in [-0.25, -0.2) is 0 Å². The van der Waals surface area contributed by atoms with Gasteiger partial charge in [-0.05, 0) is 45.1 Å². The maximum atomic E-state index is 10.4. The van der Waals surface area contributed by atoms with Crippen molar-refractivity contribution in [2.45, 2.75) is 63.6 Å². The molecule has 3 heteroatoms. The molecule has 104 valence electrons. The summed E-state index contributed by atoms with van der Waals surface area (Å²) in [6.07, 6.45) is 7.81. The molecule has 0 aromatic rings. The number of rotatable bonds is 3. The molecule has 2 heterocycles. The fraction of sp³-hybridized carbons (Fsp3) is 1.00. The highest BCUT2D eigenvalue weighted by Crippen LogP contribution is 2.30. The number of aliphatic hydroxyl groups excluding tert-OH is 1. The Morgan fingerprint density at radius 1 is 1.11 bits per heavy atom. The lowest BCUT2D eigenvalue weighted by atomic mass is 9.99. The van der Waals surface area contributed by atoms with Crippen LogP contribution in [-0.4, -0.2) is 59.3 Å². The van der Waals surface area contributed by atoms with Crippen LogP contribution >= 0.6 is 0 Å². The number of fused-ring (bicyclic) bond motifs is 1. The molecular weight excluding hydrogens is 224 g/mol. The molecule has 0 bridgehead atoms. The largest absolute Gasteiger partial charge is 0.392 e. The number of aliphatic hydroxyl groups is 1. The molecule has 3 rings (SSSR count). The van der Waals surface area contributed by atoms with Gasteiger partial charge in [0.15, 0.2) is 0 Å². The number of β-amino-alcohol motifs (C(OH)–C–C–N with tert-alkyl or cyclic N) is 1. The molecule has 0 aromatic heterocycles. The molecule has 3 fully saturated rings. The number of hydrogen-bond donors (Lipinski definition) is 1. The number of piperazine rings is 1. The van der Waals surface area contributed by atoms with Gasteiger partial charge in [-0.3, -0.25) is 9.80 Å². The van der Waals surface area contributed by atoms with Gasteiger partial charge in [0.1, 0.15) is 0 Å². The Morgan fingerprint density at radius 3 is 2.67 bits per heavy atom. The van der Waals surface area contributed by atoms with Crippen LogP contribution in [0.3, 0.4) is 0 Å². The zero-order valence-corrected chi connectivity index (χ0v) is 11.7. The quantitative estimate of drug-likeness (QED) is 0.828. The van der Waals surface area contributed by atoms with Crippen molar-refractivity contribution in [1.82, 2.24) is 9.80 Å². The fourth-order valence-corrected chi connectivity index (χ4v) is 4.23. The minimum Gasteiger partial charge on any atom is -0.392 e. The Hall–Kier alpha value is -0.120. The second-order valence-corrected chi connectivity index (χ2v) is 6.71. The third-order valence-corrected chi connectivity index (χ3v) is 5.43. The molecule has 1 aliphatic carbocycles. The van der Waals surface area contributed by atoms with Crippen LogP contribution in [0.2, 0.25) is 0 Å². The maximum Gasteiger partial charge on any atom is 0.0695 e. The van der Waals surface area contributed by atoms with E-state index < -0.39 is 0 Å². The molecule has 3 atom stereocenters. The first-order valence-corrected chi connectivity index (χ1v) is 7.90. The van der Waals surface area contributed by atoms with E-state index in [1.807, 2.05) is 0 Å². The molecule has 2 aliphatic heterocycles. The third kappa shape index (κ3) is 2.59. The topological polar surface area (TPSA) is 26.7 Å². The van der Waals surface area contributed by atoms with Crippen LogP contribution in [0.25, 0.3) is 0 Å². The summed E-state index contributed by atoms with van der Waals surface area (Å²) in [6.45, 7) is 6.94. The lowest BCUT2D eigenvalue weighted by Gasteiger charge is -2.43. The molecule has 1 saturated carbocycles. The molecule has 1 N–H and O–H groups in total. The molecule has 3 nitrogen and oxygen atoms in total. The SMILES string of the molecule is CC1CN2CCCC2CN1CC(O)C1CCCC1. The van der Waals surface area contributed by atoms with E-state index in [2.05, 4.69) is 16.7 Å². The molecular formula is C15H28N2O. The zero-order chi connectivity index (χ0) is 12.5. The van der Waals surface area contributed by atoms with Crippen molar-refractivity contribution in [3.05, 3.63) is 0 Å². The van der Waals surface area contributed by atoms with Crippen LogP contribution in [0.5, 0.6) is 0 Å². The summed E-state index contributed by atoms with van der Waals surface area (Å²) in [5, 5.41) is 10.4. The van der Waals surface area contributed by atoms with Gasteiger partial charge < -0.3 is 5.11 Å². The summed E-state index contributed by atoms with van der Waals surface area (Å²) in [5.41, 5.74) is 0. The van der Waals surface area contributed by atoms with E-state index >= 15 is 0 Å². The molecule has 0 radical (unpaired) electrons. The first kappa shape index (κ1) is 12.9. The van der Waals surface area contributed by atoms with Crippen molar-refractivity contribution in [1.29, 1.82) is 0 Å². The Morgan fingerprint density at radius 2 is 1.89 bits per heavy atom. The van der Waals surface area contributed by atoms with E-state index in [9.17, 15) is 5.11 Å². The van der Waals surface area contributed by atoms with E-state index in [4.69, 9.17) is 0 Å². The van der Waals surface area contributed by atoms with Crippen molar-refractivity contribution in [3.63, 3.8) is 0 Å². The summed E-state index contributed by atoms with van der Waals surface area (Å²) < 4.78 is 0. The van der Waals surface area contributed by atoms with E-state index in [0.717, 1.165) is 12.6 Å². The Balaban J connectivity index is 1.54. The summed E-state index contributed by atoms with van der Waals surface area (Å²) in [5.74, 6) is 0.582. The van der Waals surface area contributed by atoms with E-state index in [1.54, 1.807) is 0 Å². The second-order valence-electron chi connectivity index (χ2n) is 6.71. The van der Waals surface area contributed by atoms with Crippen molar-refractivity contribution in [2.75, 3.05) is 26.2 Å². The summed E-state index contributed by atoms with van der Waals surface area (Å²) in [7, 11) is 0. The van der Waals surface area contributed by atoms with Gasteiger partial charge in [0.25, 0.3) is 0 Å². The number of hydrogen-bond acceptors (Lipinski definition) is 3. The highest BCUT2D eigenvalue weighted by atomic mass is 16.3. The minimum atomic E-state index is -0.0806. The predicted octanol–water partition coefficient (Wildman–Crippen LogP) is 1.71. The molecule has 3 unspecified atom stereocenters. The Labute approximate surface area is 111 Å². The smallest absolute Gasteiger partial charge is 0.0695 e. The van der Waals surface area contributed by atoms with Crippen LogP contribution < -0.4 is 0 Å². The monoisotopic (exact) mass is 252 g/mol. The van der Waals surface area contributed by atoms with Crippen molar-refractivity contribution < 1.29 is 5.11 Å². The predicted molar refractivity (Wildman–Crippen MR) is 73.6 cm³/mol. The van der Waals surface area contributed by atoms with E-state index in [1.165, 1.54) is 58.2 Å². The first-order chi connectivity index (χ1) is 8.74. The van der Waals surface area contributed by atoms with E-state index in [-0.39, 0.29) is 6.10 Å². The maximum absolute atomic E-state index is 10.4. The van der Waals surface area contributed by atoms with Crippen molar-refractivity contribution in [3.8, 4) is 0 Å². The van der Waals surface area contributed by atoms with Crippen LogP contribution in [0.15, 0.2) is 0 Å². The Bertz CT molecular complexity index is 278. The average Bonchev–Trinajstić information content (AvgIpc) is 2.98. The average molecular weight is 252 g/mol. The van der Waals surface area contributed by atoms with Gasteiger partial charge in [0.05, 0.1) is 6.10 Å². The summed E-state index contributed by atoms with van der Waals surface area (Å²) in [4.78, 5) is 5.21. The highest BCUT2D eigenvalue weighted by molar-refractivity contribution is 4.92. The minimum absolute atomic E-state index is 0.0806. The molecule has 0 aromatic carbocycles. The molecule has 0 spiro atoms. The van der Waals surface area contributed by atoms with Gasteiger partial charge in [-0.2, -0.15) is 0 Å². The van der Waals surface area contributed by atoms with Gasteiger partial charge in [-0.1, -0.05) is 12.8 Å². The van der Waals surface area contributed by atoms with Crippen molar-refractivity contribution in [2.24, 2.45) is 5.92 Å². The summed E-state index contributed by atoms with van der Waals surface area (Å²) >= 11 is 0. The van der Waals surface area contributed by atoms with Gasteiger partial charge in [0, 0.05) is 31.7 Å². The highest BCUT2D eigenvalue weighted by Gasteiger charge is 2.36. The van der Waals surface area contributed by atoms with Gasteiger partial charge in [-0.15, -0.1) is 0 Å². The third-order valence-electron chi connectivity index (χ3n) is 5.43. The van der Waals surface area contributed by atoms with Crippen LogP contribution in [0.4, 0.5) is 0 Å². The van der Waals surface area contributed by atoms with Gasteiger partial charge >= 0.3 is 0 Å². The zero-order valence-electron chi connectivity index (χ0n) is 11.7. The van der Waals surface area contributed by atoms with Crippen molar-refractivity contribution >= 4 is 0 Å². The first-order valence-electron chi connectivity index (χ1n) is 7.90. The standard InChI is InChI=1S/C15H28N2O/c1-12-9-16-8-4-7-14(16)10-17(12)11-15(18)13-5-2-3-6-13/h12-15,18H,2-11H2,1H3. The van der Waals surface area contributed by atoms with Crippen LogP contribution in [-0.2, 0) is 0 Å². The Kier molecular flexibility index (Phi) is 3.92.